The molecule has 0 atom stereocenters. The number of methoxy groups -OCH3 is 1. The lowest BCUT2D eigenvalue weighted by molar-refractivity contribution is -0.138. The molecule has 2 aromatic rings. The number of ether oxygens (including phenoxy) is 1. The minimum atomic E-state index is -4.63. The number of nitrogens with zero attached hydrogens (tertiary/aromatic N) is 1. The number of para-hydroxylation sites is 1. The molecule has 3 rings (SSSR count). The van der Waals surface area contributed by atoms with Crippen molar-refractivity contribution in [1.29, 1.82) is 0 Å². The number of aliphatic hydroxyl groups excluding tert-OH is 1. The number of nitrogens with one attached hydrogen (secondary N) is 1. The van der Waals surface area contributed by atoms with Gasteiger partial charge in [-0.2, -0.15) is 13.2 Å². The van der Waals surface area contributed by atoms with Crippen LogP contribution in [0, 0.1) is 0 Å². The van der Waals surface area contributed by atoms with Crippen molar-refractivity contribution in [3.63, 3.8) is 0 Å². The number of amides is 2. The monoisotopic (exact) mass is 420 g/mol. The quantitative estimate of drug-likeness (QED) is 0.791. The first kappa shape index (κ1) is 21.2. The van der Waals surface area contributed by atoms with Gasteiger partial charge in [-0.25, -0.2) is 0 Å². The van der Waals surface area contributed by atoms with Gasteiger partial charge in [-0.1, -0.05) is 18.2 Å². The summed E-state index contributed by atoms with van der Waals surface area (Å²) in [7, 11) is 2.52. The standard InChI is InChI=1S/C21H19F3N2O4/c1-25-20(29)14-10-18(27)26(16-6-4-3-5-13(16)19(14)28)11-12-7-8-17(30-2)15(9-12)21(22,23)24/h3-9,28H,10-11H2,1-2H3,(H,25,29). The highest BCUT2D eigenvalue weighted by molar-refractivity contribution is 6.10. The Hall–Kier alpha value is -3.49. The van der Waals surface area contributed by atoms with E-state index in [9.17, 15) is 27.9 Å². The highest BCUT2D eigenvalue weighted by atomic mass is 19.4. The number of likely N-dealkylation sites (N-methyl/N-ethyl adjacent to an activating group) is 1. The summed E-state index contributed by atoms with van der Waals surface area (Å²) in [5, 5.41) is 13.0. The Morgan fingerprint density at radius 1 is 1.23 bits per heavy atom. The van der Waals surface area contributed by atoms with Crippen LogP contribution in [0.5, 0.6) is 5.75 Å². The zero-order chi connectivity index (χ0) is 22.1. The van der Waals surface area contributed by atoms with Gasteiger partial charge in [-0.3, -0.25) is 9.59 Å². The van der Waals surface area contributed by atoms with E-state index in [-0.39, 0.29) is 34.8 Å². The number of halogens is 3. The Balaban J connectivity index is 2.06. The zero-order valence-electron chi connectivity index (χ0n) is 16.2. The predicted molar refractivity (Wildman–Crippen MR) is 104 cm³/mol. The molecule has 1 aliphatic rings. The van der Waals surface area contributed by atoms with E-state index in [1.54, 1.807) is 18.2 Å². The lowest BCUT2D eigenvalue weighted by Crippen LogP contribution is -2.31. The number of rotatable bonds is 4. The SMILES string of the molecule is CNC(=O)C1=C(O)c2ccccc2N(Cc2ccc(OC)c(C(F)(F)F)c2)C(=O)C1. The molecule has 0 fully saturated rings. The van der Waals surface area contributed by atoms with Crippen molar-refractivity contribution in [3.05, 3.63) is 64.7 Å². The van der Waals surface area contributed by atoms with Crippen LogP contribution in [0.3, 0.4) is 0 Å². The van der Waals surface area contributed by atoms with Crippen molar-refractivity contribution in [3.8, 4) is 5.75 Å². The van der Waals surface area contributed by atoms with Crippen LogP contribution in [0.15, 0.2) is 48.0 Å². The molecule has 6 nitrogen and oxygen atoms in total. The molecule has 0 spiro atoms. The minimum Gasteiger partial charge on any atom is -0.507 e. The van der Waals surface area contributed by atoms with Gasteiger partial charge in [0.15, 0.2) is 0 Å². The smallest absolute Gasteiger partial charge is 0.419 e. The van der Waals surface area contributed by atoms with Crippen LogP contribution in [-0.4, -0.2) is 31.1 Å². The molecule has 2 aromatic carbocycles. The third kappa shape index (κ3) is 3.96. The maximum Gasteiger partial charge on any atom is 0.419 e. The van der Waals surface area contributed by atoms with Gasteiger partial charge in [0.1, 0.15) is 11.5 Å². The molecule has 2 amide bonds. The summed E-state index contributed by atoms with van der Waals surface area (Å²) in [4.78, 5) is 26.3. The second-order valence-corrected chi connectivity index (χ2v) is 6.61. The van der Waals surface area contributed by atoms with Crippen LogP contribution < -0.4 is 15.0 Å². The number of carbonyl (C=O) groups excluding carboxylic acids is 2. The molecule has 158 valence electrons. The van der Waals surface area contributed by atoms with Crippen LogP contribution in [0.25, 0.3) is 5.76 Å². The van der Waals surface area contributed by atoms with Crippen molar-refractivity contribution < 1.29 is 32.6 Å². The number of hydrogen-bond donors (Lipinski definition) is 2. The van der Waals surface area contributed by atoms with Crippen LogP contribution >= 0.6 is 0 Å². The largest absolute Gasteiger partial charge is 0.507 e. The van der Waals surface area contributed by atoms with Crippen molar-refractivity contribution in [2.75, 3.05) is 19.1 Å². The molecule has 0 bridgehead atoms. The van der Waals surface area contributed by atoms with Crippen molar-refractivity contribution in [2.24, 2.45) is 0 Å². The first-order valence-corrected chi connectivity index (χ1v) is 8.95. The number of fused-ring (bicyclic) bond motifs is 1. The van der Waals surface area contributed by atoms with Gasteiger partial charge in [0.05, 0.1) is 36.9 Å². The number of anilines is 1. The van der Waals surface area contributed by atoms with E-state index in [4.69, 9.17) is 4.74 Å². The Morgan fingerprint density at radius 2 is 1.93 bits per heavy atom. The lowest BCUT2D eigenvalue weighted by atomic mass is 10.1. The number of hydrogen-bond acceptors (Lipinski definition) is 4. The fraction of sp³-hybridized carbons (Fsp3) is 0.238. The Labute approximate surface area is 170 Å². The molecule has 1 heterocycles. The van der Waals surface area contributed by atoms with E-state index in [1.165, 1.54) is 30.1 Å². The number of benzene rings is 2. The van der Waals surface area contributed by atoms with Gasteiger partial charge in [0.2, 0.25) is 5.91 Å². The van der Waals surface area contributed by atoms with E-state index < -0.39 is 30.0 Å². The molecule has 2 N–H and O–H groups in total. The average Bonchev–Trinajstić information content (AvgIpc) is 2.83. The highest BCUT2D eigenvalue weighted by Crippen LogP contribution is 2.38. The Bertz CT molecular complexity index is 1030. The predicted octanol–water partition coefficient (Wildman–Crippen LogP) is 3.67. The van der Waals surface area contributed by atoms with E-state index in [0.717, 1.165) is 13.2 Å². The molecule has 0 radical (unpaired) electrons. The summed E-state index contributed by atoms with van der Waals surface area (Å²) in [6, 6.07) is 9.90. The third-order valence-electron chi connectivity index (χ3n) is 4.78. The van der Waals surface area contributed by atoms with Crippen molar-refractivity contribution in [1.82, 2.24) is 5.32 Å². The second kappa shape index (κ2) is 8.10. The van der Waals surface area contributed by atoms with Crippen molar-refractivity contribution in [2.45, 2.75) is 19.1 Å². The number of alkyl halides is 3. The van der Waals surface area contributed by atoms with Crippen LogP contribution in [0.4, 0.5) is 18.9 Å². The normalized spacial score (nSPS) is 14.3. The number of carbonyl (C=O) groups is 2. The summed E-state index contributed by atoms with van der Waals surface area (Å²) < 4.78 is 44.9. The highest BCUT2D eigenvalue weighted by Gasteiger charge is 2.35. The molecule has 0 aliphatic carbocycles. The van der Waals surface area contributed by atoms with Gasteiger partial charge in [0.25, 0.3) is 5.91 Å². The van der Waals surface area contributed by atoms with Crippen LogP contribution in [0.2, 0.25) is 0 Å². The molecule has 1 aliphatic heterocycles. The van der Waals surface area contributed by atoms with E-state index in [2.05, 4.69) is 5.32 Å². The first-order valence-electron chi connectivity index (χ1n) is 8.95. The van der Waals surface area contributed by atoms with E-state index >= 15 is 0 Å². The molecule has 0 saturated carbocycles. The zero-order valence-corrected chi connectivity index (χ0v) is 16.2. The molecule has 0 unspecified atom stereocenters. The molecule has 30 heavy (non-hydrogen) atoms. The van der Waals surface area contributed by atoms with E-state index in [0.29, 0.717) is 5.69 Å². The summed E-state index contributed by atoms with van der Waals surface area (Å²) in [6.45, 7) is -0.183. The molecule has 9 heteroatoms. The molecule has 0 aromatic heterocycles. The van der Waals surface area contributed by atoms with Crippen LogP contribution in [0.1, 0.15) is 23.1 Å². The fourth-order valence-electron chi connectivity index (χ4n) is 3.31. The van der Waals surface area contributed by atoms with Crippen molar-refractivity contribution >= 4 is 23.3 Å². The van der Waals surface area contributed by atoms with Gasteiger partial charge in [-0.15, -0.1) is 0 Å². The van der Waals surface area contributed by atoms with Gasteiger partial charge >= 0.3 is 6.18 Å². The molecular formula is C21H19F3N2O4. The first-order chi connectivity index (χ1) is 14.2. The number of aliphatic hydroxyl groups is 1. The topological polar surface area (TPSA) is 78.9 Å². The maximum atomic E-state index is 13.4. The van der Waals surface area contributed by atoms with Gasteiger partial charge in [0, 0.05) is 12.6 Å². The fourth-order valence-corrected chi connectivity index (χ4v) is 3.31. The maximum absolute atomic E-state index is 13.4. The summed E-state index contributed by atoms with van der Waals surface area (Å²) in [5.41, 5.74) is -0.308. The lowest BCUT2D eigenvalue weighted by Gasteiger charge is -2.24. The average molecular weight is 420 g/mol. The van der Waals surface area contributed by atoms with Crippen LogP contribution in [-0.2, 0) is 22.3 Å². The summed E-state index contributed by atoms with van der Waals surface area (Å²) in [6.07, 6.45) is -5.03. The third-order valence-corrected chi connectivity index (χ3v) is 4.78. The van der Waals surface area contributed by atoms with E-state index in [1.807, 2.05) is 0 Å². The second-order valence-electron chi connectivity index (χ2n) is 6.61. The Morgan fingerprint density at radius 3 is 2.57 bits per heavy atom. The van der Waals surface area contributed by atoms with Gasteiger partial charge < -0.3 is 20.1 Å². The Kier molecular flexibility index (Phi) is 5.73. The molecule has 0 saturated heterocycles. The minimum absolute atomic E-state index is 0.108. The van der Waals surface area contributed by atoms with Gasteiger partial charge in [-0.05, 0) is 29.8 Å². The summed E-state index contributed by atoms with van der Waals surface area (Å²) >= 11 is 0. The summed E-state index contributed by atoms with van der Waals surface area (Å²) in [5.74, 6) is -1.81. The molecular weight excluding hydrogens is 401 g/mol.